The van der Waals surface area contributed by atoms with Gasteiger partial charge >= 0.3 is 0 Å². The standard InChI is InChI=1S/C26H23NO/c1-2-3-8-19-13-15-20(16-14-19)25-17-21-9-5-7-12-24(21)27(25)26-23-11-6-4-10-22(23)18-28-26/h4-7,9-18H,2-3,8H2,1H3. The highest BCUT2D eigenvalue weighted by Gasteiger charge is 2.17. The lowest BCUT2D eigenvalue weighted by Gasteiger charge is -2.10. The van der Waals surface area contributed by atoms with Crippen molar-refractivity contribution in [2.75, 3.05) is 0 Å². The third kappa shape index (κ3) is 2.82. The van der Waals surface area contributed by atoms with E-state index in [0.29, 0.717) is 0 Å². The molecule has 2 heterocycles. The Morgan fingerprint density at radius 2 is 1.57 bits per heavy atom. The van der Waals surface area contributed by atoms with Crippen molar-refractivity contribution in [3.63, 3.8) is 0 Å². The van der Waals surface area contributed by atoms with E-state index in [0.717, 1.165) is 34.3 Å². The smallest absolute Gasteiger partial charge is 0.212 e. The Morgan fingerprint density at radius 1 is 0.821 bits per heavy atom. The van der Waals surface area contributed by atoms with Crippen LogP contribution in [-0.2, 0) is 6.42 Å². The summed E-state index contributed by atoms with van der Waals surface area (Å²) in [6.07, 6.45) is 5.44. The average Bonchev–Trinajstić information content (AvgIpc) is 3.33. The molecule has 2 nitrogen and oxygen atoms in total. The minimum atomic E-state index is 0.877. The number of rotatable bonds is 5. The molecular weight excluding hydrogens is 342 g/mol. The number of nitrogens with zero attached hydrogens (tertiary/aromatic N) is 1. The molecule has 0 aliphatic heterocycles. The van der Waals surface area contributed by atoms with Gasteiger partial charge in [0, 0.05) is 16.2 Å². The molecule has 138 valence electrons. The molecule has 28 heavy (non-hydrogen) atoms. The van der Waals surface area contributed by atoms with Crippen molar-refractivity contribution in [2.45, 2.75) is 26.2 Å². The lowest BCUT2D eigenvalue weighted by atomic mass is 10.0. The minimum Gasteiger partial charge on any atom is -0.447 e. The largest absolute Gasteiger partial charge is 0.447 e. The van der Waals surface area contributed by atoms with E-state index in [-0.39, 0.29) is 0 Å². The van der Waals surface area contributed by atoms with Crippen LogP contribution < -0.4 is 0 Å². The van der Waals surface area contributed by atoms with Crippen molar-refractivity contribution in [2.24, 2.45) is 0 Å². The average molecular weight is 365 g/mol. The van der Waals surface area contributed by atoms with Crippen LogP contribution >= 0.6 is 0 Å². The van der Waals surface area contributed by atoms with Crippen LogP contribution in [0.25, 0.3) is 38.8 Å². The van der Waals surface area contributed by atoms with Gasteiger partial charge in [-0.05, 0) is 42.2 Å². The SMILES string of the molecule is CCCCc1ccc(-c2cc3ccccc3n2-c2occ3ccccc23)cc1. The van der Waals surface area contributed by atoms with Crippen molar-refractivity contribution in [1.29, 1.82) is 0 Å². The fourth-order valence-corrected chi connectivity index (χ4v) is 3.96. The summed E-state index contributed by atoms with van der Waals surface area (Å²) in [5.74, 6) is 0.877. The zero-order valence-corrected chi connectivity index (χ0v) is 16.1. The maximum absolute atomic E-state index is 6.07. The molecule has 0 atom stereocenters. The summed E-state index contributed by atoms with van der Waals surface area (Å²) in [5, 5.41) is 3.47. The lowest BCUT2D eigenvalue weighted by Crippen LogP contribution is -1.96. The van der Waals surface area contributed by atoms with Crippen molar-refractivity contribution in [3.8, 4) is 17.1 Å². The Kier molecular flexibility index (Phi) is 4.25. The van der Waals surface area contributed by atoms with Crippen LogP contribution in [0, 0.1) is 0 Å². The molecule has 0 fully saturated rings. The van der Waals surface area contributed by atoms with Gasteiger partial charge in [-0.3, -0.25) is 4.57 Å². The summed E-state index contributed by atoms with van der Waals surface area (Å²) in [6, 6.07) is 28.1. The fourth-order valence-electron chi connectivity index (χ4n) is 3.96. The molecule has 0 spiro atoms. The molecule has 5 rings (SSSR count). The third-order valence-corrected chi connectivity index (χ3v) is 5.47. The Bertz CT molecular complexity index is 1240. The van der Waals surface area contributed by atoms with Gasteiger partial charge in [-0.15, -0.1) is 0 Å². The summed E-state index contributed by atoms with van der Waals surface area (Å²) >= 11 is 0. The second kappa shape index (κ2) is 7.05. The van der Waals surface area contributed by atoms with E-state index in [1.54, 1.807) is 0 Å². The number of benzene rings is 3. The first-order chi connectivity index (χ1) is 13.8. The summed E-state index contributed by atoms with van der Waals surface area (Å²) in [4.78, 5) is 0. The van der Waals surface area contributed by atoms with Gasteiger partial charge in [0.2, 0.25) is 5.88 Å². The number of para-hydroxylation sites is 1. The Labute approximate surface area is 165 Å². The number of unbranched alkanes of at least 4 members (excludes halogenated alkanes) is 1. The maximum atomic E-state index is 6.07. The highest BCUT2D eigenvalue weighted by atomic mass is 16.3. The molecule has 0 amide bonds. The molecule has 2 heteroatoms. The van der Waals surface area contributed by atoms with E-state index in [1.807, 2.05) is 12.3 Å². The first kappa shape index (κ1) is 16.9. The van der Waals surface area contributed by atoms with Gasteiger partial charge in [0.25, 0.3) is 0 Å². The van der Waals surface area contributed by atoms with Crippen molar-refractivity contribution >= 4 is 21.7 Å². The second-order valence-electron chi connectivity index (χ2n) is 7.35. The lowest BCUT2D eigenvalue weighted by molar-refractivity contribution is 0.549. The normalized spacial score (nSPS) is 11.5. The molecule has 0 saturated carbocycles. The summed E-state index contributed by atoms with van der Waals surface area (Å²) < 4.78 is 8.32. The van der Waals surface area contributed by atoms with Crippen LogP contribution in [0.1, 0.15) is 25.3 Å². The van der Waals surface area contributed by atoms with E-state index in [1.165, 1.54) is 29.4 Å². The maximum Gasteiger partial charge on any atom is 0.212 e. The number of aromatic nitrogens is 1. The van der Waals surface area contributed by atoms with Gasteiger partial charge in [0.15, 0.2) is 0 Å². The third-order valence-electron chi connectivity index (χ3n) is 5.47. The first-order valence-electron chi connectivity index (χ1n) is 10.0. The fraction of sp³-hybridized carbons (Fsp3) is 0.154. The zero-order chi connectivity index (χ0) is 18.9. The highest BCUT2D eigenvalue weighted by molar-refractivity contribution is 5.94. The molecule has 0 N–H and O–H groups in total. The molecule has 0 aliphatic rings. The zero-order valence-electron chi connectivity index (χ0n) is 16.1. The number of furan rings is 1. The van der Waals surface area contributed by atoms with Gasteiger partial charge in [0.05, 0.1) is 11.2 Å². The van der Waals surface area contributed by atoms with E-state index >= 15 is 0 Å². The van der Waals surface area contributed by atoms with Crippen LogP contribution in [0.5, 0.6) is 0 Å². The van der Waals surface area contributed by atoms with Crippen LogP contribution in [-0.4, -0.2) is 4.57 Å². The van der Waals surface area contributed by atoms with Gasteiger partial charge in [-0.2, -0.15) is 0 Å². The van der Waals surface area contributed by atoms with E-state index < -0.39 is 0 Å². The minimum absolute atomic E-state index is 0.877. The van der Waals surface area contributed by atoms with Gasteiger partial charge < -0.3 is 4.42 Å². The molecule has 0 bridgehead atoms. The van der Waals surface area contributed by atoms with Gasteiger partial charge in [0.1, 0.15) is 6.26 Å². The molecule has 0 saturated heterocycles. The molecule has 3 aromatic carbocycles. The van der Waals surface area contributed by atoms with Crippen molar-refractivity contribution in [3.05, 3.63) is 90.7 Å². The number of hydrogen-bond donors (Lipinski definition) is 0. The van der Waals surface area contributed by atoms with Crippen LogP contribution in [0.15, 0.2) is 89.5 Å². The Balaban J connectivity index is 1.70. The Morgan fingerprint density at radius 3 is 2.39 bits per heavy atom. The topological polar surface area (TPSA) is 18.1 Å². The first-order valence-corrected chi connectivity index (χ1v) is 10.0. The van der Waals surface area contributed by atoms with Crippen LogP contribution in [0.4, 0.5) is 0 Å². The number of aryl methyl sites for hydroxylation is 1. The molecule has 2 aromatic heterocycles. The molecule has 5 aromatic rings. The summed E-state index contributed by atoms with van der Waals surface area (Å²) in [5.41, 5.74) is 4.92. The van der Waals surface area contributed by atoms with E-state index in [9.17, 15) is 0 Å². The quantitative estimate of drug-likeness (QED) is 0.317. The Hall–Kier alpha value is -3.26. The predicted molar refractivity (Wildman–Crippen MR) is 117 cm³/mol. The van der Waals surface area contributed by atoms with Crippen molar-refractivity contribution in [1.82, 2.24) is 4.57 Å². The van der Waals surface area contributed by atoms with Crippen molar-refractivity contribution < 1.29 is 4.42 Å². The number of fused-ring (bicyclic) bond motifs is 2. The number of hydrogen-bond acceptors (Lipinski definition) is 1. The van der Waals surface area contributed by atoms with Gasteiger partial charge in [-0.1, -0.05) is 74.0 Å². The molecule has 0 unspecified atom stereocenters. The molecule has 0 radical (unpaired) electrons. The van der Waals surface area contributed by atoms with E-state index in [2.05, 4.69) is 84.3 Å². The van der Waals surface area contributed by atoms with Crippen LogP contribution in [0.3, 0.4) is 0 Å². The summed E-state index contributed by atoms with van der Waals surface area (Å²) in [6.45, 7) is 2.24. The monoisotopic (exact) mass is 365 g/mol. The molecular formula is C26H23NO. The molecule has 0 aliphatic carbocycles. The van der Waals surface area contributed by atoms with Crippen LogP contribution in [0.2, 0.25) is 0 Å². The predicted octanol–water partition coefficient (Wildman–Crippen LogP) is 7.39. The highest BCUT2D eigenvalue weighted by Crippen LogP contribution is 2.35. The van der Waals surface area contributed by atoms with Gasteiger partial charge in [-0.25, -0.2) is 0 Å². The van der Waals surface area contributed by atoms with E-state index in [4.69, 9.17) is 4.42 Å². The summed E-state index contributed by atoms with van der Waals surface area (Å²) in [7, 11) is 0. The second-order valence-corrected chi connectivity index (χ2v) is 7.35.